The third kappa shape index (κ3) is 2.80. The molecule has 3 aromatic rings. The maximum atomic E-state index is 12.7. The number of anilines is 1. The van der Waals surface area contributed by atoms with Crippen LogP contribution in [0.1, 0.15) is 18.4 Å². The molecule has 1 fully saturated rings. The summed E-state index contributed by atoms with van der Waals surface area (Å²) in [5.74, 6) is 0.745. The summed E-state index contributed by atoms with van der Waals surface area (Å²) in [5, 5.41) is 0. The van der Waals surface area contributed by atoms with Crippen LogP contribution in [0.3, 0.4) is 0 Å². The molecule has 0 saturated carbocycles. The van der Waals surface area contributed by atoms with Crippen LogP contribution in [0.15, 0.2) is 47.4 Å². The molecule has 3 N–H and O–H groups in total. The number of piperidine rings is 1. The maximum absolute atomic E-state index is 12.7. The summed E-state index contributed by atoms with van der Waals surface area (Å²) < 4.78 is 1.71. The average molecular weight is 323 g/mol. The molecule has 3 heterocycles. The molecule has 6 nitrogen and oxygen atoms in total. The Labute approximate surface area is 139 Å². The summed E-state index contributed by atoms with van der Waals surface area (Å²) >= 11 is 0. The first-order chi connectivity index (χ1) is 11.7. The van der Waals surface area contributed by atoms with Crippen molar-refractivity contribution in [1.82, 2.24) is 14.5 Å². The van der Waals surface area contributed by atoms with E-state index in [1.54, 1.807) is 4.57 Å². The van der Waals surface area contributed by atoms with Crippen molar-refractivity contribution in [2.45, 2.75) is 25.4 Å². The van der Waals surface area contributed by atoms with Gasteiger partial charge < -0.3 is 20.2 Å². The van der Waals surface area contributed by atoms with E-state index in [1.165, 1.54) is 0 Å². The lowest BCUT2D eigenvalue weighted by Gasteiger charge is -2.30. The van der Waals surface area contributed by atoms with Crippen molar-refractivity contribution >= 4 is 17.0 Å². The number of nitrogens with one attached hydrogen (secondary N) is 1. The highest BCUT2D eigenvalue weighted by atomic mass is 16.1. The summed E-state index contributed by atoms with van der Waals surface area (Å²) in [4.78, 5) is 22.7. The van der Waals surface area contributed by atoms with Crippen molar-refractivity contribution < 1.29 is 0 Å². The topological polar surface area (TPSA) is 79.9 Å². The Morgan fingerprint density at radius 3 is 2.88 bits per heavy atom. The lowest BCUT2D eigenvalue weighted by molar-refractivity contribution is 0.501. The number of hydrogen-bond donors (Lipinski definition) is 2. The monoisotopic (exact) mass is 323 g/mol. The zero-order chi connectivity index (χ0) is 16.5. The van der Waals surface area contributed by atoms with Gasteiger partial charge in [0.25, 0.3) is 5.56 Å². The number of benzene rings is 1. The third-order valence-corrected chi connectivity index (χ3v) is 4.56. The Morgan fingerprint density at radius 1 is 1.25 bits per heavy atom. The molecule has 24 heavy (non-hydrogen) atoms. The smallest absolute Gasteiger partial charge is 0.276 e. The van der Waals surface area contributed by atoms with Crippen molar-refractivity contribution in [3.8, 4) is 0 Å². The second-order valence-corrected chi connectivity index (χ2v) is 6.40. The van der Waals surface area contributed by atoms with E-state index in [9.17, 15) is 4.79 Å². The molecule has 1 saturated heterocycles. The molecular weight excluding hydrogens is 302 g/mol. The minimum Gasteiger partial charge on any atom is -0.341 e. The quantitative estimate of drug-likeness (QED) is 0.769. The molecular formula is C18H21N5O. The molecule has 0 radical (unpaired) electrons. The Kier molecular flexibility index (Phi) is 3.82. The first-order valence-electron chi connectivity index (χ1n) is 8.34. The largest absolute Gasteiger partial charge is 0.341 e. The molecule has 0 aliphatic carbocycles. The molecule has 4 rings (SSSR count). The molecule has 1 aliphatic rings. The average Bonchev–Trinajstić information content (AvgIpc) is 3.04. The predicted octanol–water partition coefficient (Wildman–Crippen LogP) is 1.70. The van der Waals surface area contributed by atoms with Gasteiger partial charge in [-0.25, -0.2) is 4.98 Å². The van der Waals surface area contributed by atoms with Gasteiger partial charge in [-0.3, -0.25) is 4.79 Å². The molecule has 1 unspecified atom stereocenters. The van der Waals surface area contributed by atoms with Crippen LogP contribution in [-0.4, -0.2) is 33.7 Å². The summed E-state index contributed by atoms with van der Waals surface area (Å²) in [6.07, 6.45) is 3.90. The number of aromatic nitrogens is 3. The summed E-state index contributed by atoms with van der Waals surface area (Å²) in [7, 11) is 0. The van der Waals surface area contributed by atoms with Crippen molar-refractivity contribution in [3.05, 3.63) is 58.5 Å². The fraction of sp³-hybridized carbons (Fsp3) is 0.333. The summed E-state index contributed by atoms with van der Waals surface area (Å²) in [6.45, 7) is 2.25. The molecule has 1 aliphatic heterocycles. The minimum absolute atomic E-state index is 0.0450. The number of H-pyrrole nitrogens is 1. The molecule has 1 aromatic carbocycles. The van der Waals surface area contributed by atoms with Gasteiger partial charge in [-0.05, 0) is 24.5 Å². The van der Waals surface area contributed by atoms with Gasteiger partial charge in [0.2, 0.25) is 5.95 Å². The SMILES string of the molecule is NC1CCCN(c2nc3ccn(Cc4ccccc4)c(=O)c3[nH]2)C1. The molecule has 0 bridgehead atoms. The van der Waals surface area contributed by atoms with Crippen molar-refractivity contribution in [1.29, 1.82) is 0 Å². The van der Waals surface area contributed by atoms with E-state index in [1.807, 2.05) is 42.6 Å². The van der Waals surface area contributed by atoms with Crippen LogP contribution < -0.4 is 16.2 Å². The second kappa shape index (κ2) is 6.13. The normalized spacial score (nSPS) is 18.2. The number of nitrogens with two attached hydrogens (primary N) is 1. The number of pyridine rings is 1. The van der Waals surface area contributed by atoms with Gasteiger partial charge in [-0.2, -0.15) is 0 Å². The van der Waals surface area contributed by atoms with E-state index >= 15 is 0 Å². The van der Waals surface area contributed by atoms with E-state index < -0.39 is 0 Å². The van der Waals surface area contributed by atoms with Crippen LogP contribution >= 0.6 is 0 Å². The molecule has 124 valence electrons. The van der Waals surface area contributed by atoms with Gasteiger partial charge in [0.1, 0.15) is 5.52 Å². The number of hydrogen-bond acceptors (Lipinski definition) is 4. The van der Waals surface area contributed by atoms with Crippen LogP contribution in [0.2, 0.25) is 0 Å². The van der Waals surface area contributed by atoms with Crippen LogP contribution in [0.25, 0.3) is 11.0 Å². The Morgan fingerprint density at radius 2 is 2.08 bits per heavy atom. The van der Waals surface area contributed by atoms with Crippen LogP contribution in [0.5, 0.6) is 0 Å². The number of aromatic amines is 1. The number of nitrogens with zero attached hydrogens (tertiary/aromatic N) is 3. The van der Waals surface area contributed by atoms with Crippen LogP contribution in [0, 0.1) is 0 Å². The predicted molar refractivity (Wildman–Crippen MR) is 95.3 cm³/mol. The third-order valence-electron chi connectivity index (χ3n) is 4.56. The van der Waals surface area contributed by atoms with Gasteiger partial charge in [0.05, 0.1) is 12.1 Å². The van der Waals surface area contributed by atoms with Crippen molar-refractivity contribution in [3.63, 3.8) is 0 Å². The summed E-state index contributed by atoms with van der Waals surface area (Å²) in [5.41, 5.74) is 8.37. The Balaban J connectivity index is 1.67. The lowest BCUT2D eigenvalue weighted by atomic mass is 10.1. The van der Waals surface area contributed by atoms with Crippen molar-refractivity contribution in [2.24, 2.45) is 5.73 Å². The molecule has 0 amide bonds. The van der Waals surface area contributed by atoms with Crippen LogP contribution in [-0.2, 0) is 6.54 Å². The maximum Gasteiger partial charge on any atom is 0.276 e. The fourth-order valence-electron chi connectivity index (χ4n) is 3.29. The van der Waals surface area contributed by atoms with E-state index in [-0.39, 0.29) is 11.6 Å². The Bertz CT molecular complexity index is 899. The number of rotatable bonds is 3. The first-order valence-corrected chi connectivity index (χ1v) is 8.34. The van der Waals surface area contributed by atoms with Gasteiger partial charge >= 0.3 is 0 Å². The van der Waals surface area contributed by atoms with Crippen molar-refractivity contribution in [2.75, 3.05) is 18.0 Å². The molecule has 1 atom stereocenters. The van der Waals surface area contributed by atoms with E-state index in [0.29, 0.717) is 17.6 Å². The van der Waals surface area contributed by atoms with E-state index in [4.69, 9.17) is 5.73 Å². The highest BCUT2D eigenvalue weighted by Gasteiger charge is 2.20. The zero-order valence-electron chi connectivity index (χ0n) is 13.5. The zero-order valence-corrected chi connectivity index (χ0v) is 13.5. The lowest BCUT2D eigenvalue weighted by Crippen LogP contribution is -2.43. The highest BCUT2D eigenvalue weighted by Crippen LogP contribution is 2.19. The minimum atomic E-state index is -0.0450. The fourth-order valence-corrected chi connectivity index (χ4v) is 3.29. The standard InChI is InChI=1S/C18H21N5O/c19-14-7-4-9-23(12-14)18-20-15-8-10-22(17(24)16(15)21-18)11-13-5-2-1-3-6-13/h1-3,5-6,8,10,14H,4,7,9,11-12,19H2,(H,20,21). The molecule has 6 heteroatoms. The summed E-state index contributed by atoms with van der Waals surface area (Å²) in [6, 6.07) is 12.0. The van der Waals surface area contributed by atoms with Gasteiger partial charge in [0, 0.05) is 25.3 Å². The van der Waals surface area contributed by atoms with E-state index in [0.717, 1.165) is 37.4 Å². The number of imidazole rings is 1. The Hall–Kier alpha value is -2.60. The molecule has 0 spiro atoms. The second-order valence-electron chi connectivity index (χ2n) is 6.40. The first kappa shape index (κ1) is 15.0. The van der Waals surface area contributed by atoms with Gasteiger partial charge in [0.15, 0.2) is 0 Å². The van der Waals surface area contributed by atoms with Gasteiger partial charge in [-0.15, -0.1) is 0 Å². The molecule has 2 aromatic heterocycles. The van der Waals surface area contributed by atoms with E-state index in [2.05, 4.69) is 14.9 Å². The van der Waals surface area contributed by atoms with Gasteiger partial charge in [-0.1, -0.05) is 30.3 Å². The highest BCUT2D eigenvalue weighted by molar-refractivity contribution is 5.76. The van der Waals surface area contributed by atoms with Crippen LogP contribution in [0.4, 0.5) is 5.95 Å². The number of fused-ring (bicyclic) bond motifs is 1.